The van der Waals surface area contributed by atoms with Crippen molar-refractivity contribution >= 4 is 10.4 Å². The molecule has 1 fully saturated rings. The van der Waals surface area contributed by atoms with Crippen LogP contribution in [0.1, 0.15) is 118 Å². The Bertz CT molecular complexity index is 507. The monoisotopic (exact) mass is 540 g/mol. The van der Waals surface area contributed by atoms with E-state index in [1.807, 2.05) is 0 Å². The Labute approximate surface area is 224 Å². The number of nitrogens with zero attached hydrogens (tertiary/aromatic N) is 2. The zero-order chi connectivity index (χ0) is 27.7. The van der Waals surface area contributed by atoms with Gasteiger partial charge in [0.2, 0.25) is 10.4 Å². The first kappa shape index (κ1) is 37.9. The molecular formula is C27H60N2O6S. The van der Waals surface area contributed by atoms with Crippen molar-refractivity contribution in [1.29, 1.82) is 0 Å². The van der Waals surface area contributed by atoms with Gasteiger partial charge in [-0.25, -0.2) is 8.42 Å². The summed E-state index contributed by atoms with van der Waals surface area (Å²) in [5, 5.41) is 9.04. The van der Waals surface area contributed by atoms with Crippen LogP contribution in [0.25, 0.3) is 0 Å². The Morgan fingerprint density at radius 2 is 1.14 bits per heavy atom. The van der Waals surface area contributed by atoms with Crippen molar-refractivity contribution in [1.82, 2.24) is 4.90 Å². The second-order valence-corrected chi connectivity index (χ2v) is 11.0. The number of rotatable bonds is 18. The van der Waals surface area contributed by atoms with Crippen molar-refractivity contribution in [3.05, 3.63) is 0 Å². The van der Waals surface area contributed by atoms with E-state index in [0.29, 0.717) is 13.2 Å². The molecule has 0 bridgehead atoms. The number of unbranched alkanes of at least 4 members (excludes halogenated alkanes) is 8. The van der Waals surface area contributed by atoms with E-state index in [1.165, 1.54) is 108 Å². The number of hydrogen-bond donors (Lipinski definition) is 2. The van der Waals surface area contributed by atoms with Crippen molar-refractivity contribution in [2.24, 2.45) is 0 Å². The minimum absolute atomic E-state index is 0.555. The average molecular weight is 541 g/mol. The molecule has 1 aliphatic heterocycles. The van der Waals surface area contributed by atoms with Gasteiger partial charge < -0.3 is 18.9 Å². The second-order valence-electron chi connectivity index (χ2n) is 10.1. The maximum Gasteiger partial charge on any atom is 0.215 e. The number of aliphatic hydroxyl groups excluding tert-OH is 1. The van der Waals surface area contributed by atoms with Crippen LogP contribution in [0, 0.1) is 0 Å². The lowest BCUT2D eigenvalue weighted by Crippen LogP contribution is -2.50. The smallest absolute Gasteiger partial charge is 0.215 e. The molecule has 36 heavy (non-hydrogen) atoms. The molecule has 0 saturated carbocycles. The molecule has 1 aliphatic rings. The van der Waals surface area contributed by atoms with Crippen molar-refractivity contribution in [3.8, 4) is 0 Å². The van der Waals surface area contributed by atoms with E-state index < -0.39 is 16.7 Å². The summed E-state index contributed by atoms with van der Waals surface area (Å²) in [4.78, 5) is 2.22. The number of β-amino-alcohol motifs (C(OH)–C–C–N with tert-alkyl or cyclic N) is 1. The van der Waals surface area contributed by atoms with Crippen LogP contribution in [-0.2, 0) is 15.1 Å². The third-order valence-electron chi connectivity index (χ3n) is 6.62. The highest BCUT2D eigenvalue weighted by Gasteiger charge is 2.25. The zero-order valence-corrected chi connectivity index (χ0v) is 25.1. The van der Waals surface area contributed by atoms with E-state index in [1.54, 1.807) is 0 Å². The van der Waals surface area contributed by atoms with Crippen molar-refractivity contribution < 1.29 is 31.8 Å². The van der Waals surface area contributed by atoms with E-state index in [4.69, 9.17) is 27.4 Å². The molecule has 0 radical (unpaired) electrons. The van der Waals surface area contributed by atoms with E-state index in [0.717, 1.165) is 19.5 Å². The van der Waals surface area contributed by atoms with Gasteiger partial charge in [-0.05, 0) is 64.3 Å². The van der Waals surface area contributed by atoms with Crippen LogP contribution in [0.5, 0.6) is 0 Å². The lowest BCUT2D eigenvalue weighted by Gasteiger charge is -2.39. The standard InChI is InChI=1S/C20H44N.C7H15NO2.H2O4S/c1-5-9-13-17-21(18-14-10-6-2,19-15-11-7-3)20-16-12-8-4;1-2-3-8-4-5-10-7(9)6-8;1-5(2,3)4/h5-20H2,1-4H3;7,9H,2-6H2,1H3;(H2,1,2,3,4)/q+1;;/p-1. The summed E-state index contributed by atoms with van der Waals surface area (Å²) in [5.41, 5.74) is 0. The zero-order valence-electron chi connectivity index (χ0n) is 24.3. The molecule has 220 valence electrons. The molecule has 2 N–H and O–H groups in total. The molecule has 0 spiro atoms. The van der Waals surface area contributed by atoms with Gasteiger partial charge in [-0.2, -0.15) is 0 Å². The normalized spacial score (nSPS) is 16.6. The predicted molar refractivity (Wildman–Crippen MR) is 149 cm³/mol. The molecule has 1 saturated heterocycles. The first-order chi connectivity index (χ1) is 17.1. The molecule has 1 atom stereocenters. The van der Waals surface area contributed by atoms with Gasteiger partial charge in [0.25, 0.3) is 0 Å². The van der Waals surface area contributed by atoms with Gasteiger partial charge in [0.05, 0.1) is 32.8 Å². The van der Waals surface area contributed by atoms with Crippen LogP contribution in [-0.4, -0.2) is 90.7 Å². The number of aliphatic hydroxyl groups is 1. The Morgan fingerprint density at radius 1 is 0.778 bits per heavy atom. The summed E-state index contributed by atoms with van der Waals surface area (Å²) < 4.78 is 39.2. The van der Waals surface area contributed by atoms with Crippen molar-refractivity contribution in [2.75, 3.05) is 52.4 Å². The van der Waals surface area contributed by atoms with Crippen LogP contribution in [0.3, 0.4) is 0 Å². The molecule has 1 unspecified atom stereocenters. The molecule has 0 aromatic heterocycles. The minimum atomic E-state index is -4.92. The summed E-state index contributed by atoms with van der Waals surface area (Å²) in [6, 6.07) is 0. The van der Waals surface area contributed by atoms with E-state index in [-0.39, 0.29) is 0 Å². The predicted octanol–water partition coefficient (Wildman–Crippen LogP) is 5.62. The molecule has 1 rings (SSSR count). The third kappa shape index (κ3) is 26.8. The Hall–Kier alpha value is -0.290. The average Bonchev–Trinajstić information content (AvgIpc) is 2.79. The van der Waals surface area contributed by atoms with Crippen LogP contribution in [0.15, 0.2) is 0 Å². The quantitative estimate of drug-likeness (QED) is 0.101. The minimum Gasteiger partial charge on any atom is -0.726 e. The highest BCUT2D eigenvalue weighted by atomic mass is 32.3. The highest BCUT2D eigenvalue weighted by Crippen LogP contribution is 2.18. The number of ether oxygens (including phenoxy) is 1. The van der Waals surface area contributed by atoms with Gasteiger partial charge in [-0.3, -0.25) is 9.45 Å². The van der Waals surface area contributed by atoms with Gasteiger partial charge in [0.15, 0.2) is 6.29 Å². The molecule has 0 aromatic rings. The largest absolute Gasteiger partial charge is 0.726 e. The molecule has 9 heteroatoms. The Balaban J connectivity index is 0. The first-order valence-electron chi connectivity index (χ1n) is 14.6. The van der Waals surface area contributed by atoms with Gasteiger partial charge in [-0.1, -0.05) is 60.3 Å². The first-order valence-corrected chi connectivity index (χ1v) is 16.0. The Morgan fingerprint density at radius 3 is 1.42 bits per heavy atom. The van der Waals surface area contributed by atoms with Crippen LogP contribution in [0.4, 0.5) is 0 Å². The van der Waals surface area contributed by atoms with Crippen LogP contribution >= 0.6 is 0 Å². The lowest BCUT2D eigenvalue weighted by molar-refractivity contribution is -0.929. The summed E-state index contributed by atoms with van der Waals surface area (Å²) in [5.74, 6) is 0. The van der Waals surface area contributed by atoms with Crippen molar-refractivity contribution in [2.45, 2.75) is 124 Å². The highest BCUT2D eigenvalue weighted by molar-refractivity contribution is 7.79. The van der Waals surface area contributed by atoms with Gasteiger partial charge in [0, 0.05) is 13.1 Å². The van der Waals surface area contributed by atoms with E-state index in [2.05, 4.69) is 39.5 Å². The van der Waals surface area contributed by atoms with Gasteiger partial charge in [0.1, 0.15) is 0 Å². The maximum absolute atomic E-state index is 9.04. The fourth-order valence-electron chi connectivity index (χ4n) is 4.66. The fraction of sp³-hybridized carbons (Fsp3) is 1.00. The lowest BCUT2D eigenvalue weighted by atomic mass is 10.1. The van der Waals surface area contributed by atoms with Gasteiger partial charge >= 0.3 is 0 Å². The third-order valence-corrected chi connectivity index (χ3v) is 6.62. The second kappa shape index (κ2) is 25.0. The number of morpholine rings is 1. The molecular weight excluding hydrogens is 480 g/mol. The maximum atomic E-state index is 9.04. The number of quaternary nitrogens is 1. The molecule has 0 amide bonds. The summed E-state index contributed by atoms with van der Waals surface area (Å²) >= 11 is 0. The molecule has 1 heterocycles. The summed E-state index contributed by atoms with van der Waals surface area (Å²) in [6.07, 6.45) is 17.5. The Kier molecular flexibility index (Phi) is 26.3. The van der Waals surface area contributed by atoms with E-state index >= 15 is 0 Å². The summed E-state index contributed by atoms with van der Waals surface area (Å²) in [6.45, 7) is 20.6. The summed E-state index contributed by atoms with van der Waals surface area (Å²) in [7, 11) is -4.92. The van der Waals surface area contributed by atoms with Crippen LogP contribution in [0.2, 0.25) is 0 Å². The van der Waals surface area contributed by atoms with Gasteiger partial charge in [-0.15, -0.1) is 0 Å². The SMILES string of the molecule is CCCCC[N+](CCCCC)(CCCCC)CCCCC.CCCN1CCOC(O)C1.O=S(=O)([O-])O. The molecule has 0 aliphatic carbocycles. The van der Waals surface area contributed by atoms with Crippen molar-refractivity contribution in [3.63, 3.8) is 0 Å². The molecule has 0 aromatic carbocycles. The topological polar surface area (TPSA) is 110 Å². The molecule has 8 nitrogen and oxygen atoms in total. The van der Waals surface area contributed by atoms with E-state index in [9.17, 15) is 0 Å². The fourth-order valence-corrected chi connectivity index (χ4v) is 4.66. The number of hydrogen-bond acceptors (Lipinski definition) is 6. The van der Waals surface area contributed by atoms with Crippen LogP contribution < -0.4 is 0 Å².